The molecule has 0 saturated carbocycles. The molecule has 1 aromatic heterocycles. The van der Waals surface area contributed by atoms with Gasteiger partial charge in [0, 0.05) is 6.54 Å². The Morgan fingerprint density at radius 1 is 1.05 bits per heavy atom. The number of hydrogen-bond donors (Lipinski definition) is 0. The van der Waals surface area contributed by atoms with Crippen molar-refractivity contribution in [2.45, 2.75) is 17.0 Å². The minimum absolute atomic E-state index is 0.0216. The molecule has 0 spiro atoms. The molecule has 4 rings (SSSR count). The summed E-state index contributed by atoms with van der Waals surface area (Å²) >= 11 is 0. The van der Waals surface area contributed by atoms with Gasteiger partial charge in [-0.2, -0.15) is 0 Å². The molecule has 0 aliphatic carbocycles. The van der Waals surface area contributed by atoms with E-state index in [4.69, 9.17) is 0 Å². The fourth-order valence-corrected chi connectivity index (χ4v) is 4.16. The molecule has 0 N–H and O–H groups in total. The molecule has 2 aromatic carbocycles. The molecule has 2 unspecified atom stereocenters. The van der Waals surface area contributed by atoms with Crippen molar-refractivity contribution in [3.05, 3.63) is 60.2 Å². The third kappa shape index (κ3) is 1.56. The molecular formula is C15H12N2OS. The van der Waals surface area contributed by atoms with Crippen molar-refractivity contribution in [1.82, 2.24) is 9.55 Å². The first-order valence-electron chi connectivity index (χ1n) is 6.25. The number of aromatic nitrogens is 2. The zero-order valence-corrected chi connectivity index (χ0v) is 11.0. The van der Waals surface area contributed by atoms with Gasteiger partial charge in [-0.25, -0.2) is 4.98 Å². The van der Waals surface area contributed by atoms with Gasteiger partial charge < -0.3 is 4.57 Å². The average Bonchev–Trinajstić information content (AvgIpc) is 2.98. The van der Waals surface area contributed by atoms with E-state index in [1.165, 1.54) is 0 Å². The van der Waals surface area contributed by atoms with E-state index in [1.54, 1.807) is 0 Å². The van der Waals surface area contributed by atoms with Crippen LogP contribution in [0.5, 0.6) is 0 Å². The summed E-state index contributed by atoms with van der Waals surface area (Å²) in [5.41, 5.74) is 3.12. The first-order valence-corrected chi connectivity index (χ1v) is 7.47. The van der Waals surface area contributed by atoms with Gasteiger partial charge in [-0.05, 0) is 17.7 Å². The molecule has 4 heteroatoms. The van der Waals surface area contributed by atoms with E-state index in [1.807, 2.05) is 54.6 Å². The van der Waals surface area contributed by atoms with Gasteiger partial charge in [0.15, 0.2) is 0 Å². The molecule has 0 bridgehead atoms. The average molecular weight is 268 g/mol. The Morgan fingerprint density at radius 3 is 2.63 bits per heavy atom. The van der Waals surface area contributed by atoms with Crippen LogP contribution in [0.1, 0.15) is 10.8 Å². The van der Waals surface area contributed by atoms with Crippen LogP contribution in [0.2, 0.25) is 0 Å². The van der Waals surface area contributed by atoms with E-state index in [9.17, 15) is 4.21 Å². The summed E-state index contributed by atoms with van der Waals surface area (Å²) in [5.74, 6) is 0. The van der Waals surface area contributed by atoms with E-state index in [-0.39, 0.29) is 5.25 Å². The van der Waals surface area contributed by atoms with Crippen LogP contribution < -0.4 is 0 Å². The summed E-state index contributed by atoms with van der Waals surface area (Å²) in [7, 11) is -1.07. The van der Waals surface area contributed by atoms with Gasteiger partial charge in [0.05, 0.1) is 27.1 Å². The maximum Gasteiger partial charge on any atom is 0.200 e. The SMILES string of the molecule is O=S1c2nc3ccccc3n2CC1c1ccccc1. The normalized spacial score (nSPS) is 21.7. The smallest absolute Gasteiger partial charge is 0.200 e. The maximum absolute atomic E-state index is 12.6. The van der Waals surface area contributed by atoms with Crippen LogP contribution in [-0.4, -0.2) is 13.8 Å². The molecule has 0 radical (unpaired) electrons. The highest BCUT2D eigenvalue weighted by Crippen LogP contribution is 2.35. The molecule has 0 fully saturated rings. The number of fused-ring (bicyclic) bond motifs is 3. The minimum Gasteiger partial charge on any atom is -0.315 e. The zero-order chi connectivity index (χ0) is 12.8. The number of rotatable bonds is 1. The Morgan fingerprint density at radius 2 is 1.79 bits per heavy atom. The van der Waals surface area contributed by atoms with Crippen LogP contribution in [-0.2, 0) is 17.3 Å². The van der Waals surface area contributed by atoms with Crippen LogP contribution in [0, 0.1) is 0 Å². The molecular weight excluding hydrogens is 256 g/mol. The van der Waals surface area contributed by atoms with Crippen LogP contribution in [0.4, 0.5) is 0 Å². The van der Waals surface area contributed by atoms with Crippen LogP contribution in [0.25, 0.3) is 11.0 Å². The first-order chi connectivity index (χ1) is 9.34. The van der Waals surface area contributed by atoms with E-state index >= 15 is 0 Å². The molecule has 19 heavy (non-hydrogen) atoms. The number of imidazole rings is 1. The van der Waals surface area contributed by atoms with Crippen molar-refractivity contribution >= 4 is 21.8 Å². The van der Waals surface area contributed by atoms with Crippen molar-refractivity contribution < 1.29 is 4.21 Å². The van der Waals surface area contributed by atoms with Gasteiger partial charge in [-0.1, -0.05) is 42.5 Å². The predicted octanol–water partition coefficient (Wildman–Crippen LogP) is 2.90. The summed E-state index contributed by atoms with van der Waals surface area (Å²) in [6, 6.07) is 18.0. The summed E-state index contributed by atoms with van der Waals surface area (Å²) < 4.78 is 14.7. The lowest BCUT2D eigenvalue weighted by molar-refractivity contribution is 0.672. The number of nitrogens with zero attached hydrogens (tertiary/aromatic N) is 2. The second kappa shape index (κ2) is 4.03. The van der Waals surface area contributed by atoms with Crippen LogP contribution in [0.15, 0.2) is 59.8 Å². The van der Waals surface area contributed by atoms with E-state index in [0.717, 1.165) is 23.1 Å². The number of benzene rings is 2. The Kier molecular flexibility index (Phi) is 2.32. The quantitative estimate of drug-likeness (QED) is 0.680. The molecule has 3 nitrogen and oxygen atoms in total. The largest absolute Gasteiger partial charge is 0.315 e. The fourth-order valence-electron chi connectivity index (χ4n) is 2.64. The second-order valence-corrected chi connectivity index (χ2v) is 6.22. The van der Waals surface area contributed by atoms with Gasteiger partial charge in [0.1, 0.15) is 0 Å². The van der Waals surface area contributed by atoms with Crippen molar-refractivity contribution in [3.63, 3.8) is 0 Å². The predicted molar refractivity (Wildman–Crippen MR) is 75.3 cm³/mol. The third-order valence-electron chi connectivity index (χ3n) is 3.58. The van der Waals surface area contributed by atoms with Gasteiger partial charge in [0.25, 0.3) is 0 Å². The lowest BCUT2D eigenvalue weighted by Crippen LogP contribution is -2.03. The fraction of sp³-hybridized carbons (Fsp3) is 0.133. The highest BCUT2D eigenvalue weighted by atomic mass is 32.2. The Bertz CT molecular complexity index is 779. The van der Waals surface area contributed by atoms with Crippen LogP contribution in [0.3, 0.4) is 0 Å². The monoisotopic (exact) mass is 268 g/mol. The van der Waals surface area contributed by atoms with Gasteiger partial charge >= 0.3 is 0 Å². The lowest BCUT2D eigenvalue weighted by Gasteiger charge is -2.08. The standard InChI is InChI=1S/C15H12N2OS/c18-19-14(11-6-2-1-3-7-11)10-17-13-9-5-4-8-12(13)16-15(17)19/h1-9,14H,10H2. The Hall–Kier alpha value is -1.94. The topological polar surface area (TPSA) is 34.9 Å². The highest BCUT2D eigenvalue weighted by molar-refractivity contribution is 7.85. The molecule has 3 aromatic rings. The number of hydrogen-bond acceptors (Lipinski definition) is 2. The van der Waals surface area contributed by atoms with Crippen LogP contribution >= 0.6 is 0 Å². The molecule has 0 amide bonds. The summed E-state index contributed by atoms with van der Waals surface area (Å²) in [5, 5.41) is 0.725. The molecule has 0 saturated heterocycles. The molecule has 94 valence electrons. The minimum atomic E-state index is -1.07. The summed E-state index contributed by atoms with van der Waals surface area (Å²) in [6.07, 6.45) is 0. The van der Waals surface area contributed by atoms with E-state index in [2.05, 4.69) is 9.55 Å². The van der Waals surface area contributed by atoms with Crippen molar-refractivity contribution in [2.75, 3.05) is 0 Å². The molecule has 1 aliphatic heterocycles. The van der Waals surface area contributed by atoms with Crippen molar-refractivity contribution in [3.8, 4) is 0 Å². The number of para-hydroxylation sites is 2. The Balaban J connectivity index is 1.85. The Labute approximate surface area is 113 Å². The van der Waals surface area contributed by atoms with Gasteiger partial charge in [-0.15, -0.1) is 0 Å². The molecule has 2 heterocycles. The second-order valence-electron chi connectivity index (χ2n) is 4.69. The van der Waals surface area contributed by atoms with E-state index < -0.39 is 10.8 Å². The third-order valence-corrected chi connectivity index (χ3v) is 5.19. The lowest BCUT2D eigenvalue weighted by atomic mass is 10.1. The van der Waals surface area contributed by atoms with Gasteiger partial charge in [-0.3, -0.25) is 4.21 Å². The first kappa shape index (κ1) is 10.9. The van der Waals surface area contributed by atoms with Crippen molar-refractivity contribution in [2.24, 2.45) is 0 Å². The molecule has 2 atom stereocenters. The zero-order valence-electron chi connectivity index (χ0n) is 10.2. The van der Waals surface area contributed by atoms with Crippen molar-refractivity contribution in [1.29, 1.82) is 0 Å². The van der Waals surface area contributed by atoms with E-state index in [0.29, 0.717) is 5.16 Å². The van der Waals surface area contributed by atoms with Gasteiger partial charge in [0.2, 0.25) is 5.16 Å². The molecule has 1 aliphatic rings. The highest BCUT2D eigenvalue weighted by Gasteiger charge is 2.33. The summed E-state index contributed by atoms with van der Waals surface area (Å²) in [4.78, 5) is 4.51. The summed E-state index contributed by atoms with van der Waals surface area (Å²) in [6.45, 7) is 0.743. The maximum atomic E-state index is 12.6.